The molecule has 1 saturated heterocycles. The number of rotatable bonds is 5. The maximum absolute atomic E-state index is 13.3. The predicted molar refractivity (Wildman–Crippen MR) is 128 cm³/mol. The summed E-state index contributed by atoms with van der Waals surface area (Å²) in [6.45, 7) is 3.28. The molecule has 188 valence electrons. The van der Waals surface area contributed by atoms with Crippen molar-refractivity contribution < 1.29 is 27.2 Å². The molecular formula is C26H19F4N5O2. The number of carbonyl (C=O) groups is 2. The molecule has 0 saturated carbocycles. The lowest BCUT2D eigenvalue weighted by molar-refractivity contribution is -0.141. The number of amides is 2. The summed E-state index contributed by atoms with van der Waals surface area (Å²) in [5.41, 5.74) is 0.890. The number of fused-ring (bicyclic) bond motifs is 1. The van der Waals surface area contributed by atoms with Crippen molar-refractivity contribution in [3.05, 3.63) is 90.5 Å². The average Bonchev–Trinajstić information content (AvgIpc) is 3.22. The van der Waals surface area contributed by atoms with Crippen LogP contribution in [0.15, 0.2) is 79.3 Å². The number of alkyl halides is 3. The molecule has 37 heavy (non-hydrogen) atoms. The zero-order valence-corrected chi connectivity index (χ0v) is 19.2. The van der Waals surface area contributed by atoms with Crippen LogP contribution in [0.5, 0.6) is 0 Å². The van der Waals surface area contributed by atoms with Crippen LogP contribution in [0.1, 0.15) is 22.1 Å². The van der Waals surface area contributed by atoms with Gasteiger partial charge in [-0.1, -0.05) is 36.9 Å². The van der Waals surface area contributed by atoms with E-state index in [1.807, 2.05) is 6.07 Å². The molecule has 1 N–H and O–H groups in total. The van der Waals surface area contributed by atoms with Gasteiger partial charge in [-0.3, -0.25) is 19.3 Å². The second-order valence-electron chi connectivity index (χ2n) is 8.51. The quantitative estimate of drug-likeness (QED) is 0.295. The molecule has 1 fully saturated rings. The van der Waals surface area contributed by atoms with Crippen LogP contribution >= 0.6 is 0 Å². The van der Waals surface area contributed by atoms with Gasteiger partial charge in [0.25, 0.3) is 11.8 Å². The predicted octanol–water partition coefficient (Wildman–Crippen LogP) is 5.24. The first-order chi connectivity index (χ1) is 17.6. The molecule has 2 aromatic heterocycles. The van der Waals surface area contributed by atoms with Crippen LogP contribution in [-0.4, -0.2) is 44.6 Å². The molecule has 2 amide bonds. The molecule has 0 bridgehead atoms. The Bertz CT molecular complexity index is 1510. The SMILES string of the molecule is C=C(F)C(=O)N1CC(n2nc(-c3ccc(C(F)(F)F)nc3)c3cccc(C(=O)Nc4ccccc4)c32)C1. The van der Waals surface area contributed by atoms with E-state index in [-0.39, 0.29) is 18.7 Å². The molecule has 0 radical (unpaired) electrons. The third-order valence-corrected chi connectivity index (χ3v) is 6.06. The van der Waals surface area contributed by atoms with Crippen molar-refractivity contribution in [2.45, 2.75) is 12.2 Å². The monoisotopic (exact) mass is 509 g/mol. The van der Waals surface area contributed by atoms with E-state index in [2.05, 4.69) is 22.0 Å². The number of halogens is 4. The zero-order chi connectivity index (χ0) is 26.3. The largest absolute Gasteiger partial charge is 0.433 e. The lowest BCUT2D eigenvalue weighted by Crippen LogP contribution is -2.51. The number of pyridine rings is 1. The number of benzene rings is 2. The number of aromatic nitrogens is 3. The van der Waals surface area contributed by atoms with Crippen molar-refractivity contribution in [2.24, 2.45) is 0 Å². The number of carbonyl (C=O) groups excluding carboxylic acids is 2. The Labute approximate surface area is 208 Å². The highest BCUT2D eigenvalue weighted by Gasteiger charge is 2.36. The van der Waals surface area contributed by atoms with Crippen LogP contribution in [0.25, 0.3) is 22.2 Å². The summed E-state index contributed by atoms with van der Waals surface area (Å²) in [5.74, 6) is -2.33. The van der Waals surface area contributed by atoms with Gasteiger partial charge >= 0.3 is 6.18 Å². The first-order valence-electron chi connectivity index (χ1n) is 11.2. The maximum Gasteiger partial charge on any atom is 0.433 e. The molecule has 0 atom stereocenters. The molecule has 0 spiro atoms. The average molecular weight is 509 g/mol. The van der Waals surface area contributed by atoms with Gasteiger partial charge in [0, 0.05) is 35.9 Å². The van der Waals surface area contributed by atoms with Gasteiger partial charge in [-0.25, -0.2) is 4.39 Å². The molecular weight excluding hydrogens is 490 g/mol. The number of nitrogens with zero attached hydrogens (tertiary/aromatic N) is 4. The first-order valence-corrected chi connectivity index (χ1v) is 11.2. The van der Waals surface area contributed by atoms with Crippen molar-refractivity contribution in [2.75, 3.05) is 18.4 Å². The van der Waals surface area contributed by atoms with E-state index >= 15 is 0 Å². The molecule has 4 aromatic rings. The molecule has 11 heteroatoms. The van der Waals surface area contributed by atoms with E-state index < -0.39 is 35.6 Å². The topological polar surface area (TPSA) is 80.1 Å². The van der Waals surface area contributed by atoms with Gasteiger partial charge in [-0.05, 0) is 30.3 Å². The lowest BCUT2D eigenvalue weighted by atomic mass is 10.0. The summed E-state index contributed by atoms with van der Waals surface area (Å²) in [5, 5.41) is 7.96. The fourth-order valence-electron chi connectivity index (χ4n) is 4.22. The molecule has 0 aliphatic carbocycles. The second-order valence-corrected chi connectivity index (χ2v) is 8.51. The normalized spacial score (nSPS) is 13.9. The Kier molecular flexibility index (Phi) is 5.98. The summed E-state index contributed by atoms with van der Waals surface area (Å²) in [7, 11) is 0. The van der Waals surface area contributed by atoms with E-state index in [1.165, 1.54) is 11.0 Å². The smallest absolute Gasteiger partial charge is 0.332 e. The molecule has 0 unspecified atom stereocenters. The van der Waals surface area contributed by atoms with Gasteiger partial charge < -0.3 is 10.2 Å². The van der Waals surface area contributed by atoms with E-state index in [0.717, 1.165) is 12.3 Å². The number of para-hydroxylation sites is 2. The number of hydrogen-bond acceptors (Lipinski definition) is 4. The first kappa shape index (κ1) is 24.2. The second kappa shape index (κ2) is 9.16. The highest BCUT2D eigenvalue weighted by molar-refractivity contribution is 6.13. The Morgan fingerprint density at radius 3 is 2.35 bits per heavy atom. The number of hydrogen-bond donors (Lipinski definition) is 1. The van der Waals surface area contributed by atoms with Crippen molar-refractivity contribution >= 4 is 28.4 Å². The van der Waals surface area contributed by atoms with Crippen LogP contribution < -0.4 is 5.32 Å². The van der Waals surface area contributed by atoms with Gasteiger partial charge in [-0.15, -0.1) is 0 Å². The summed E-state index contributed by atoms with van der Waals surface area (Å²) in [6, 6.07) is 15.5. The van der Waals surface area contributed by atoms with Gasteiger partial charge in [-0.2, -0.15) is 18.3 Å². The Balaban J connectivity index is 1.59. The van der Waals surface area contributed by atoms with E-state index in [1.54, 1.807) is 47.1 Å². The summed E-state index contributed by atoms with van der Waals surface area (Å²) < 4.78 is 54.0. The van der Waals surface area contributed by atoms with Crippen molar-refractivity contribution in [3.8, 4) is 11.3 Å². The third kappa shape index (κ3) is 4.55. The molecule has 1 aliphatic rings. The minimum atomic E-state index is -4.59. The Morgan fingerprint density at radius 1 is 1.00 bits per heavy atom. The summed E-state index contributed by atoms with van der Waals surface area (Å²) in [6.07, 6.45) is -3.51. The third-order valence-electron chi connectivity index (χ3n) is 6.06. The lowest BCUT2D eigenvalue weighted by Gasteiger charge is -2.39. The van der Waals surface area contributed by atoms with E-state index in [9.17, 15) is 27.2 Å². The highest BCUT2D eigenvalue weighted by Crippen LogP contribution is 2.36. The Hall–Kier alpha value is -4.54. The van der Waals surface area contributed by atoms with Gasteiger partial charge in [0.1, 0.15) is 11.4 Å². The molecule has 5 rings (SSSR count). The van der Waals surface area contributed by atoms with Crippen LogP contribution in [0.4, 0.5) is 23.2 Å². The van der Waals surface area contributed by atoms with Crippen molar-refractivity contribution in [3.63, 3.8) is 0 Å². The standard InChI is InChI=1S/C26H19F4N5O2/c1-15(27)25(37)34-13-18(14-34)35-23-19(22(33-35)16-10-11-21(31-12-16)26(28,29)30)8-5-9-20(23)24(36)32-17-6-3-2-4-7-17/h2-12,18H,1,13-14H2,(H,32,36). The molecule has 3 heterocycles. The van der Waals surface area contributed by atoms with E-state index in [4.69, 9.17) is 0 Å². The van der Waals surface area contributed by atoms with Gasteiger partial charge in [0.2, 0.25) is 0 Å². The molecule has 7 nitrogen and oxygen atoms in total. The van der Waals surface area contributed by atoms with Crippen molar-refractivity contribution in [1.82, 2.24) is 19.7 Å². The maximum atomic E-state index is 13.3. The van der Waals surface area contributed by atoms with Gasteiger partial charge in [0.05, 0.1) is 17.1 Å². The fourth-order valence-corrected chi connectivity index (χ4v) is 4.22. The fraction of sp³-hybridized carbons (Fsp3) is 0.154. The van der Waals surface area contributed by atoms with Crippen LogP contribution in [0.2, 0.25) is 0 Å². The zero-order valence-electron chi connectivity index (χ0n) is 19.2. The van der Waals surface area contributed by atoms with Crippen LogP contribution in [0.3, 0.4) is 0 Å². The molecule has 2 aromatic carbocycles. The highest BCUT2D eigenvalue weighted by atomic mass is 19.4. The summed E-state index contributed by atoms with van der Waals surface area (Å²) >= 11 is 0. The number of likely N-dealkylation sites (tertiary alicyclic amines) is 1. The van der Waals surface area contributed by atoms with E-state index in [0.29, 0.717) is 27.8 Å². The van der Waals surface area contributed by atoms with Crippen LogP contribution in [0, 0.1) is 0 Å². The molecule has 1 aliphatic heterocycles. The minimum Gasteiger partial charge on any atom is -0.332 e. The number of nitrogens with one attached hydrogen (secondary N) is 1. The summed E-state index contributed by atoms with van der Waals surface area (Å²) in [4.78, 5) is 30.0. The number of anilines is 1. The minimum absolute atomic E-state index is 0.123. The van der Waals surface area contributed by atoms with Gasteiger partial charge in [0.15, 0.2) is 5.83 Å². The van der Waals surface area contributed by atoms with Crippen LogP contribution in [-0.2, 0) is 11.0 Å². The Morgan fingerprint density at radius 2 is 1.73 bits per heavy atom. The van der Waals surface area contributed by atoms with Crippen molar-refractivity contribution in [1.29, 1.82) is 0 Å².